The van der Waals surface area contributed by atoms with Crippen molar-refractivity contribution in [2.24, 2.45) is 0 Å². The molecule has 0 saturated carbocycles. The topological polar surface area (TPSA) is 121 Å². The second-order valence-electron chi connectivity index (χ2n) is 7.57. The zero-order valence-electron chi connectivity index (χ0n) is 17.2. The molecule has 0 unspecified atom stereocenters. The number of aromatic hydroxyl groups is 6. The summed E-state index contributed by atoms with van der Waals surface area (Å²) in [4.78, 5) is 0. The molecular weight excluding hydrogens is 372 g/mol. The van der Waals surface area contributed by atoms with E-state index >= 15 is 0 Å². The quantitative estimate of drug-likeness (QED) is 0.245. The third-order valence-electron chi connectivity index (χ3n) is 5.29. The summed E-state index contributed by atoms with van der Waals surface area (Å²) >= 11 is 0. The molecule has 2 aromatic carbocycles. The van der Waals surface area contributed by atoms with Gasteiger partial charge in [-0.15, -0.1) is 0 Å². The van der Waals surface area contributed by atoms with E-state index in [2.05, 4.69) is 13.8 Å². The van der Waals surface area contributed by atoms with Crippen molar-refractivity contribution in [1.29, 1.82) is 0 Å². The summed E-state index contributed by atoms with van der Waals surface area (Å²) in [7, 11) is 0. The van der Waals surface area contributed by atoms with Crippen molar-refractivity contribution in [2.75, 3.05) is 0 Å². The molecule has 0 spiro atoms. The van der Waals surface area contributed by atoms with Gasteiger partial charge in [-0.05, 0) is 48.9 Å². The highest BCUT2D eigenvalue weighted by Crippen LogP contribution is 2.45. The van der Waals surface area contributed by atoms with Crippen LogP contribution in [0.5, 0.6) is 34.5 Å². The Bertz CT molecular complexity index is 775. The molecule has 0 radical (unpaired) electrons. The van der Waals surface area contributed by atoms with E-state index in [-0.39, 0.29) is 17.9 Å². The Kier molecular flexibility index (Phi) is 7.88. The first-order chi connectivity index (χ1) is 13.8. The monoisotopic (exact) mass is 404 g/mol. The molecule has 0 fully saturated rings. The van der Waals surface area contributed by atoms with Crippen LogP contribution in [0.25, 0.3) is 0 Å². The number of phenols is 6. The minimum absolute atomic E-state index is 0.0287. The van der Waals surface area contributed by atoms with Crippen molar-refractivity contribution < 1.29 is 30.6 Å². The van der Waals surface area contributed by atoms with Crippen LogP contribution in [-0.2, 0) is 19.3 Å². The maximum Gasteiger partial charge on any atom is 0.200 e. The highest BCUT2D eigenvalue weighted by atomic mass is 16.3. The lowest BCUT2D eigenvalue weighted by Gasteiger charge is -2.15. The Balaban J connectivity index is 2.39. The van der Waals surface area contributed by atoms with Gasteiger partial charge in [0.05, 0.1) is 0 Å². The van der Waals surface area contributed by atoms with Gasteiger partial charge in [-0.2, -0.15) is 0 Å². The predicted molar refractivity (Wildman–Crippen MR) is 112 cm³/mol. The first-order valence-corrected chi connectivity index (χ1v) is 10.3. The summed E-state index contributed by atoms with van der Waals surface area (Å²) in [5.41, 5.74) is 1.70. The van der Waals surface area contributed by atoms with Gasteiger partial charge in [0.2, 0.25) is 11.5 Å². The Labute approximate surface area is 171 Å². The number of hydrogen-bond donors (Lipinski definition) is 6. The van der Waals surface area contributed by atoms with Gasteiger partial charge in [-0.3, -0.25) is 0 Å². The molecule has 0 heterocycles. The fourth-order valence-electron chi connectivity index (χ4n) is 3.51. The van der Waals surface area contributed by atoms with Gasteiger partial charge in [0.25, 0.3) is 0 Å². The van der Waals surface area contributed by atoms with Crippen LogP contribution in [0.15, 0.2) is 12.1 Å². The summed E-state index contributed by atoms with van der Waals surface area (Å²) in [6.45, 7) is 4.13. The van der Waals surface area contributed by atoms with E-state index in [9.17, 15) is 30.6 Å². The summed E-state index contributed by atoms with van der Waals surface area (Å²) in [6.07, 6.45) is 6.78. The van der Waals surface area contributed by atoms with E-state index < -0.39 is 23.0 Å². The first-order valence-electron chi connectivity index (χ1n) is 10.3. The van der Waals surface area contributed by atoms with E-state index in [1.807, 2.05) is 0 Å². The Morgan fingerprint density at radius 3 is 1.17 bits per heavy atom. The van der Waals surface area contributed by atoms with Gasteiger partial charge in [-0.1, -0.05) is 39.5 Å². The lowest BCUT2D eigenvalue weighted by molar-refractivity contribution is 0.359. The average Bonchev–Trinajstić information content (AvgIpc) is 2.71. The molecule has 0 aliphatic heterocycles. The number of unbranched alkanes of at least 4 members (excludes halogenated alkanes) is 4. The van der Waals surface area contributed by atoms with Crippen molar-refractivity contribution in [3.63, 3.8) is 0 Å². The first kappa shape index (κ1) is 22.5. The van der Waals surface area contributed by atoms with Gasteiger partial charge >= 0.3 is 0 Å². The zero-order valence-corrected chi connectivity index (χ0v) is 17.2. The molecule has 6 N–H and O–H groups in total. The lowest BCUT2D eigenvalue weighted by atomic mass is 9.94. The van der Waals surface area contributed by atoms with Gasteiger partial charge < -0.3 is 30.6 Å². The minimum atomic E-state index is -0.584. The average molecular weight is 405 g/mol. The van der Waals surface area contributed by atoms with Gasteiger partial charge in [0.1, 0.15) is 0 Å². The minimum Gasteiger partial charge on any atom is -0.504 e. The van der Waals surface area contributed by atoms with Crippen LogP contribution < -0.4 is 0 Å². The summed E-state index contributed by atoms with van der Waals surface area (Å²) < 4.78 is 0. The Morgan fingerprint density at radius 1 is 0.483 bits per heavy atom. The molecule has 2 aromatic rings. The van der Waals surface area contributed by atoms with Crippen LogP contribution in [0.2, 0.25) is 0 Å². The Morgan fingerprint density at radius 2 is 0.828 bits per heavy atom. The third-order valence-corrected chi connectivity index (χ3v) is 5.29. The van der Waals surface area contributed by atoms with E-state index in [1.165, 1.54) is 0 Å². The number of rotatable bonds is 10. The van der Waals surface area contributed by atoms with Crippen LogP contribution in [-0.4, -0.2) is 30.6 Å². The molecule has 0 amide bonds. The van der Waals surface area contributed by atoms with E-state index in [1.54, 1.807) is 12.1 Å². The second kappa shape index (κ2) is 10.1. The molecule has 0 aromatic heterocycles. The standard InChI is InChI=1S/C23H32O6/c1-3-5-7-9-14-11-16(20(26)22(28)18(14)24)13-17-12-15(10-8-6-4-2)19(25)23(29)21(17)27/h11-12,24-29H,3-10,13H2,1-2H3. The SMILES string of the molecule is CCCCCc1cc(Cc2cc(CCCCC)c(O)c(O)c2O)c(O)c(O)c1O. The van der Waals surface area contributed by atoms with Crippen LogP contribution in [0.1, 0.15) is 74.6 Å². The van der Waals surface area contributed by atoms with Crippen molar-refractivity contribution in [3.8, 4) is 34.5 Å². The molecule has 2 rings (SSSR count). The number of benzene rings is 2. The summed E-state index contributed by atoms with van der Waals surface area (Å²) in [6, 6.07) is 3.22. The molecule has 0 aliphatic carbocycles. The fourth-order valence-corrected chi connectivity index (χ4v) is 3.51. The van der Waals surface area contributed by atoms with E-state index in [0.29, 0.717) is 35.1 Å². The summed E-state index contributed by atoms with van der Waals surface area (Å²) in [5.74, 6) is -2.75. The smallest absolute Gasteiger partial charge is 0.200 e. The molecule has 0 atom stereocenters. The largest absolute Gasteiger partial charge is 0.504 e. The van der Waals surface area contributed by atoms with E-state index in [4.69, 9.17) is 0 Å². The highest BCUT2D eigenvalue weighted by Gasteiger charge is 2.21. The molecule has 6 nitrogen and oxygen atoms in total. The second-order valence-corrected chi connectivity index (χ2v) is 7.57. The van der Waals surface area contributed by atoms with E-state index in [0.717, 1.165) is 38.5 Å². The van der Waals surface area contributed by atoms with Crippen LogP contribution in [0.3, 0.4) is 0 Å². The molecule has 0 bridgehead atoms. The number of hydrogen-bond acceptors (Lipinski definition) is 6. The normalized spacial score (nSPS) is 11.1. The summed E-state index contributed by atoms with van der Waals surface area (Å²) in [5, 5.41) is 61.1. The van der Waals surface area contributed by atoms with Crippen molar-refractivity contribution >= 4 is 0 Å². The van der Waals surface area contributed by atoms with Gasteiger partial charge in [0.15, 0.2) is 23.0 Å². The molecule has 0 saturated heterocycles. The lowest BCUT2D eigenvalue weighted by Crippen LogP contribution is -1.97. The highest BCUT2D eigenvalue weighted by molar-refractivity contribution is 5.62. The third kappa shape index (κ3) is 5.19. The van der Waals surface area contributed by atoms with Crippen molar-refractivity contribution in [3.05, 3.63) is 34.4 Å². The molecular formula is C23H32O6. The molecule has 6 heteroatoms. The maximum atomic E-state index is 10.3. The molecule has 29 heavy (non-hydrogen) atoms. The predicted octanol–water partition coefficient (Wildman–Crippen LogP) is 4.98. The van der Waals surface area contributed by atoms with Crippen LogP contribution in [0, 0.1) is 0 Å². The fraction of sp³-hybridized carbons (Fsp3) is 0.478. The zero-order chi connectivity index (χ0) is 21.6. The van der Waals surface area contributed by atoms with Crippen LogP contribution in [0.4, 0.5) is 0 Å². The Hall–Kier alpha value is -2.76. The van der Waals surface area contributed by atoms with Crippen LogP contribution >= 0.6 is 0 Å². The maximum absolute atomic E-state index is 10.3. The van der Waals surface area contributed by atoms with Gasteiger partial charge in [-0.25, -0.2) is 0 Å². The molecule has 160 valence electrons. The number of aryl methyl sites for hydroxylation is 2. The van der Waals surface area contributed by atoms with Gasteiger partial charge in [0, 0.05) is 17.5 Å². The number of phenolic OH excluding ortho intramolecular Hbond substituents is 6. The van der Waals surface area contributed by atoms with Crippen molar-refractivity contribution in [2.45, 2.75) is 71.6 Å². The molecule has 0 aliphatic rings. The van der Waals surface area contributed by atoms with Crippen molar-refractivity contribution in [1.82, 2.24) is 0 Å².